The molecule has 4 nitrogen and oxygen atoms in total. The third-order valence-corrected chi connectivity index (χ3v) is 3.11. The molecule has 0 fully saturated rings. The van der Waals surface area contributed by atoms with Crippen molar-refractivity contribution in [2.24, 2.45) is 0 Å². The molecule has 0 unspecified atom stereocenters. The molecule has 0 bridgehead atoms. The lowest BCUT2D eigenvalue weighted by atomic mass is 10.00. The van der Waals surface area contributed by atoms with Crippen LogP contribution < -0.4 is 10.1 Å². The van der Waals surface area contributed by atoms with E-state index in [-0.39, 0.29) is 5.91 Å². The van der Waals surface area contributed by atoms with Crippen molar-refractivity contribution in [3.05, 3.63) is 59.9 Å². The number of hydrogen-bond donors (Lipinski definition) is 1. The molecule has 1 aromatic carbocycles. The number of amides is 1. The number of nitrogens with one attached hydrogen (secondary N) is 1. The third kappa shape index (κ3) is 4.31. The zero-order valence-electron chi connectivity index (χ0n) is 12.6. The topological polar surface area (TPSA) is 51.2 Å². The molecule has 4 heteroatoms. The highest BCUT2D eigenvalue weighted by atomic mass is 16.5. The number of aromatic nitrogens is 1. The van der Waals surface area contributed by atoms with Gasteiger partial charge < -0.3 is 10.1 Å². The van der Waals surface area contributed by atoms with Gasteiger partial charge in [0.05, 0.1) is 17.4 Å². The number of carbonyl (C=O) groups is 1. The summed E-state index contributed by atoms with van der Waals surface area (Å²) in [5.74, 6) is 0.632. The van der Waals surface area contributed by atoms with Crippen molar-refractivity contribution in [3.8, 4) is 5.75 Å². The number of ether oxygens (including phenoxy) is 1. The Bertz CT molecular complexity index is 592. The van der Waals surface area contributed by atoms with Gasteiger partial charge in [-0.1, -0.05) is 30.3 Å². The van der Waals surface area contributed by atoms with Gasteiger partial charge in [0.1, 0.15) is 12.4 Å². The van der Waals surface area contributed by atoms with E-state index < -0.39 is 5.54 Å². The van der Waals surface area contributed by atoms with Crippen LogP contribution in [0.3, 0.4) is 0 Å². The molecule has 0 radical (unpaired) electrons. The summed E-state index contributed by atoms with van der Waals surface area (Å²) in [6, 6.07) is 13.7. The number of nitrogens with zero attached hydrogens (tertiary/aromatic N) is 1. The van der Waals surface area contributed by atoms with E-state index in [1.54, 1.807) is 6.20 Å². The van der Waals surface area contributed by atoms with Crippen LogP contribution in [0.4, 0.5) is 0 Å². The molecule has 0 atom stereocenters. The standard InChI is InChI=1S/C17H20N2O2/c1-13(20)19-17(2,3)16-10-9-15(11-18-16)21-12-14-7-5-4-6-8-14/h4-11H,12H2,1-3H3,(H,19,20). The first-order valence-corrected chi connectivity index (χ1v) is 6.89. The highest BCUT2D eigenvalue weighted by Gasteiger charge is 2.22. The Morgan fingerprint density at radius 3 is 2.48 bits per heavy atom. The highest BCUT2D eigenvalue weighted by Crippen LogP contribution is 2.20. The molecular formula is C17H20N2O2. The second-order valence-corrected chi connectivity index (χ2v) is 5.46. The highest BCUT2D eigenvalue weighted by molar-refractivity contribution is 5.73. The number of benzene rings is 1. The largest absolute Gasteiger partial charge is 0.487 e. The molecule has 2 rings (SSSR count). The molecule has 0 spiro atoms. The van der Waals surface area contributed by atoms with Gasteiger partial charge in [0.15, 0.2) is 0 Å². The van der Waals surface area contributed by atoms with Gasteiger partial charge in [-0.3, -0.25) is 9.78 Å². The second kappa shape index (κ2) is 6.39. The SMILES string of the molecule is CC(=O)NC(C)(C)c1ccc(OCc2ccccc2)cn1. The van der Waals surface area contributed by atoms with Gasteiger partial charge in [-0.2, -0.15) is 0 Å². The summed E-state index contributed by atoms with van der Waals surface area (Å²) < 4.78 is 5.69. The summed E-state index contributed by atoms with van der Waals surface area (Å²) in [4.78, 5) is 15.6. The lowest BCUT2D eigenvalue weighted by Crippen LogP contribution is -2.40. The van der Waals surface area contributed by atoms with Crippen LogP contribution >= 0.6 is 0 Å². The normalized spacial score (nSPS) is 11.0. The maximum absolute atomic E-state index is 11.2. The fourth-order valence-electron chi connectivity index (χ4n) is 2.08. The Morgan fingerprint density at radius 2 is 1.90 bits per heavy atom. The molecule has 1 N–H and O–H groups in total. The quantitative estimate of drug-likeness (QED) is 0.918. The average molecular weight is 284 g/mol. The van der Waals surface area contributed by atoms with Crippen LogP contribution in [0.25, 0.3) is 0 Å². The van der Waals surface area contributed by atoms with E-state index in [0.717, 1.165) is 11.3 Å². The van der Waals surface area contributed by atoms with Gasteiger partial charge in [0.25, 0.3) is 0 Å². The summed E-state index contributed by atoms with van der Waals surface area (Å²) in [7, 11) is 0. The van der Waals surface area contributed by atoms with Gasteiger partial charge in [-0.05, 0) is 31.5 Å². The van der Waals surface area contributed by atoms with Crippen LogP contribution in [0, 0.1) is 0 Å². The van der Waals surface area contributed by atoms with Crippen molar-refractivity contribution < 1.29 is 9.53 Å². The minimum Gasteiger partial charge on any atom is -0.487 e. The Labute approximate surface area is 125 Å². The van der Waals surface area contributed by atoms with Gasteiger partial charge >= 0.3 is 0 Å². The lowest BCUT2D eigenvalue weighted by molar-refractivity contribution is -0.120. The molecule has 110 valence electrons. The van der Waals surface area contributed by atoms with Crippen molar-refractivity contribution in [1.82, 2.24) is 10.3 Å². The third-order valence-electron chi connectivity index (χ3n) is 3.11. The van der Waals surface area contributed by atoms with Crippen molar-refractivity contribution in [2.45, 2.75) is 32.9 Å². The summed E-state index contributed by atoms with van der Waals surface area (Å²) in [6.45, 7) is 5.85. The van der Waals surface area contributed by atoms with Crippen molar-refractivity contribution >= 4 is 5.91 Å². The summed E-state index contributed by atoms with van der Waals surface area (Å²) in [6.07, 6.45) is 1.68. The molecule has 1 heterocycles. The number of hydrogen-bond acceptors (Lipinski definition) is 3. The Morgan fingerprint density at radius 1 is 1.19 bits per heavy atom. The fourth-order valence-corrected chi connectivity index (χ4v) is 2.08. The minimum atomic E-state index is -0.496. The molecule has 0 saturated carbocycles. The maximum Gasteiger partial charge on any atom is 0.217 e. The zero-order chi connectivity index (χ0) is 15.3. The second-order valence-electron chi connectivity index (χ2n) is 5.46. The molecule has 0 aliphatic rings. The predicted octanol–water partition coefficient (Wildman–Crippen LogP) is 3.03. The van der Waals surface area contributed by atoms with Gasteiger partial charge in [-0.25, -0.2) is 0 Å². The van der Waals surface area contributed by atoms with Crippen molar-refractivity contribution in [2.75, 3.05) is 0 Å². The van der Waals surface area contributed by atoms with Crippen molar-refractivity contribution in [1.29, 1.82) is 0 Å². The van der Waals surface area contributed by atoms with E-state index in [2.05, 4.69) is 10.3 Å². The molecule has 0 aliphatic carbocycles. The average Bonchev–Trinajstić information content (AvgIpc) is 2.45. The minimum absolute atomic E-state index is 0.0776. The van der Waals surface area contributed by atoms with Crippen LogP contribution in [0.5, 0.6) is 5.75 Å². The van der Waals surface area contributed by atoms with Crippen LogP contribution in [0.2, 0.25) is 0 Å². The van der Waals surface area contributed by atoms with E-state index >= 15 is 0 Å². The fraction of sp³-hybridized carbons (Fsp3) is 0.294. The van der Waals surface area contributed by atoms with Crippen LogP contribution in [0.1, 0.15) is 32.0 Å². The number of carbonyl (C=O) groups excluding carboxylic acids is 1. The van der Waals surface area contributed by atoms with E-state index in [0.29, 0.717) is 12.4 Å². The zero-order valence-corrected chi connectivity index (χ0v) is 12.6. The van der Waals surface area contributed by atoms with Crippen LogP contribution in [-0.4, -0.2) is 10.9 Å². The smallest absolute Gasteiger partial charge is 0.217 e. The first-order valence-electron chi connectivity index (χ1n) is 6.89. The first-order chi connectivity index (χ1) is 9.97. The molecule has 2 aromatic rings. The number of pyridine rings is 1. The lowest BCUT2D eigenvalue weighted by Gasteiger charge is -2.25. The van der Waals surface area contributed by atoms with Gasteiger partial charge in [0.2, 0.25) is 5.91 Å². The molecule has 0 aliphatic heterocycles. The summed E-state index contributed by atoms with van der Waals surface area (Å²) in [5.41, 5.74) is 1.41. The Kier molecular flexibility index (Phi) is 4.58. The van der Waals surface area contributed by atoms with E-state index in [1.165, 1.54) is 6.92 Å². The Hall–Kier alpha value is -2.36. The van der Waals surface area contributed by atoms with Crippen LogP contribution in [0.15, 0.2) is 48.7 Å². The Balaban J connectivity index is 2.00. The van der Waals surface area contributed by atoms with Gasteiger partial charge in [0, 0.05) is 6.92 Å². The molecule has 21 heavy (non-hydrogen) atoms. The number of rotatable bonds is 5. The van der Waals surface area contributed by atoms with E-state index in [4.69, 9.17) is 4.74 Å². The van der Waals surface area contributed by atoms with Gasteiger partial charge in [-0.15, -0.1) is 0 Å². The molecule has 0 saturated heterocycles. The molecular weight excluding hydrogens is 264 g/mol. The molecule has 1 amide bonds. The van der Waals surface area contributed by atoms with Crippen molar-refractivity contribution in [3.63, 3.8) is 0 Å². The molecule has 1 aromatic heterocycles. The predicted molar refractivity (Wildman–Crippen MR) is 81.9 cm³/mol. The monoisotopic (exact) mass is 284 g/mol. The van der Waals surface area contributed by atoms with E-state index in [9.17, 15) is 4.79 Å². The first kappa shape index (κ1) is 15.0. The summed E-state index contributed by atoms with van der Waals surface area (Å²) >= 11 is 0. The summed E-state index contributed by atoms with van der Waals surface area (Å²) in [5, 5.41) is 2.87. The van der Waals surface area contributed by atoms with E-state index in [1.807, 2.05) is 56.3 Å². The maximum atomic E-state index is 11.2. The van der Waals surface area contributed by atoms with Crippen LogP contribution in [-0.2, 0) is 16.9 Å².